The van der Waals surface area contributed by atoms with Crippen molar-refractivity contribution < 1.29 is 8.85 Å². The number of ether oxygens (including phenoxy) is 1. The zero-order valence-electron chi connectivity index (χ0n) is 38.5. The van der Waals surface area contributed by atoms with E-state index in [1.165, 1.54) is 22.3 Å². The maximum Gasteiger partial charge on any atom is 0.137 e. The summed E-state index contributed by atoms with van der Waals surface area (Å²) in [6.45, 7) is 7.60. The first-order valence-corrected chi connectivity index (χ1v) is 21.2. The van der Waals surface area contributed by atoms with Gasteiger partial charge in [-0.2, -0.15) is 0 Å². The second-order valence-electron chi connectivity index (χ2n) is 17.2. The van der Waals surface area contributed by atoms with E-state index in [4.69, 9.17) is 8.85 Å². The van der Waals surface area contributed by atoms with E-state index in [9.17, 15) is 0 Å². The van der Waals surface area contributed by atoms with Gasteiger partial charge in [0, 0.05) is 67.8 Å². The van der Waals surface area contributed by atoms with E-state index in [2.05, 4.69) is 188 Å². The lowest BCUT2D eigenvalue weighted by atomic mass is 9.73. The van der Waals surface area contributed by atoms with E-state index in [0.29, 0.717) is 24.0 Å². The molecule has 304 valence electrons. The fourth-order valence-corrected chi connectivity index (χ4v) is 8.84. The van der Waals surface area contributed by atoms with Crippen LogP contribution in [0.3, 0.4) is 0 Å². The first-order chi connectivity index (χ1) is 31.3. The Kier molecular flexibility index (Phi) is 8.90. The van der Waals surface area contributed by atoms with Crippen molar-refractivity contribution in [2.75, 3.05) is 16.5 Å². The van der Waals surface area contributed by atoms with Crippen LogP contribution in [0.1, 0.15) is 59.6 Å². The number of hydrogen-bond donors (Lipinski definition) is 0. The monoisotopic (exact) mass is 809 g/mol. The molecular weight excluding hydrogens is 757 g/mol. The van der Waals surface area contributed by atoms with Gasteiger partial charge in [-0.05, 0) is 100 Å². The number of rotatable bonds is 10. The van der Waals surface area contributed by atoms with Crippen molar-refractivity contribution in [1.29, 1.82) is 0 Å². The van der Waals surface area contributed by atoms with Gasteiger partial charge < -0.3 is 14.5 Å². The SMILES string of the molecule is [2H]C([2H])([2H])c1ccnc(-n2c3ccccc3c3ccc(Oc4cc(-c5ccccc5)cc(N5C=CN(c6cc(C(C)(C)c7ccccc7)cc(C(C)(C)c7ccccc7)c6)C5)c4)cc32)c1. The molecule has 10 rings (SSSR count). The van der Waals surface area contributed by atoms with Gasteiger partial charge in [-0.25, -0.2) is 4.98 Å². The highest BCUT2D eigenvalue weighted by atomic mass is 16.5. The van der Waals surface area contributed by atoms with Crippen molar-refractivity contribution in [3.05, 3.63) is 228 Å². The Morgan fingerprint density at radius 2 is 1.10 bits per heavy atom. The zero-order valence-corrected chi connectivity index (χ0v) is 35.5. The van der Waals surface area contributed by atoms with E-state index in [-0.39, 0.29) is 16.4 Å². The van der Waals surface area contributed by atoms with Gasteiger partial charge in [-0.1, -0.05) is 143 Å². The molecule has 3 heterocycles. The van der Waals surface area contributed by atoms with Crippen LogP contribution in [0.25, 0.3) is 38.8 Å². The molecule has 0 fully saturated rings. The number of anilines is 2. The molecule has 9 aromatic rings. The lowest BCUT2D eigenvalue weighted by molar-refractivity contribution is 0.483. The maximum absolute atomic E-state index is 8.08. The second kappa shape index (κ2) is 15.6. The topological polar surface area (TPSA) is 33.5 Å². The van der Waals surface area contributed by atoms with Crippen molar-refractivity contribution in [2.45, 2.75) is 45.4 Å². The van der Waals surface area contributed by atoms with Crippen molar-refractivity contribution in [3.63, 3.8) is 0 Å². The molecule has 7 aromatic carbocycles. The molecule has 2 aromatic heterocycles. The Morgan fingerprint density at radius 1 is 0.500 bits per heavy atom. The number of aromatic nitrogens is 2. The van der Waals surface area contributed by atoms with Gasteiger partial charge in [0.1, 0.15) is 17.3 Å². The van der Waals surface area contributed by atoms with Crippen molar-refractivity contribution in [3.8, 4) is 28.4 Å². The van der Waals surface area contributed by atoms with Gasteiger partial charge in [-0.3, -0.25) is 4.57 Å². The Bertz CT molecular complexity index is 3140. The third-order valence-electron chi connectivity index (χ3n) is 12.6. The molecule has 0 aliphatic carbocycles. The number of hydrogen-bond acceptors (Lipinski definition) is 4. The van der Waals surface area contributed by atoms with Gasteiger partial charge in [0.2, 0.25) is 0 Å². The zero-order chi connectivity index (χ0) is 44.9. The highest BCUT2D eigenvalue weighted by Gasteiger charge is 2.30. The van der Waals surface area contributed by atoms with Crippen LogP contribution in [-0.4, -0.2) is 16.2 Å². The molecule has 0 bridgehead atoms. The van der Waals surface area contributed by atoms with Gasteiger partial charge in [0.15, 0.2) is 0 Å². The van der Waals surface area contributed by atoms with Crippen LogP contribution in [0, 0.1) is 6.85 Å². The summed E-state index contributed by atoms with van der Waals surface area (Å²) in [4.78, 5) is 9.25. The Balaban J connectivity index is 1.02. The molecule has 0 amide bonds. The highest BCUT2D eigenvalue weighted by Crippen LogP contribution is 2.42. The lowest BCUT2D eigenvalue weighted by Gasteiger charge is -2.33. The first kappa shape index (κ1) is 35.4. The van der Waals surface area contributed by atoms with Gasteiger partial charge in [0.25, 0.3) is 0 Å². The van der Waals surface area contributed by atoms with Crippen LogP contribution in [0.5, 0.6) is 11.5 Å². The number of pyridine rings is 1. The van der Waals surface area contributed by atoms with Crippen LogP contribution < -0.4 is 14.5 Å². The van der Waals surface area contributed by atoms with E-state index in [1.807, 2.05) is 41.0 Å². The number of para-hydroxylation sites is 1. The predicted molar refractivity (Wildman–Crippen MR) is 258 cm³/mol. The molecule has 5 nitrogen and oxygen atoms in total. The van der Waals surface area contributed by atoms with Crippen LogP contribution in [0.15, 0.2) is 201 Å². The normalized spacial score (nSPS) is 14.0. The Labute approximate surface area is 369 Å². The molecule has 0 radical (unpaired) electrons. The number of aryl methyl sites for hydroxylation is 1. The minimum atomic E-state index is -2.26. The molecular formula is C57H50N4O. The molecule has 1 aliphatic heterocycles. The third-order valence-corrected chi connectivity index (χ3v) is 12.6. The van der Waals surface area contributed by atoms with E-state index >= 15 is 0 Å². The number of nitrogens with zero attached hydrogens (tertiary/aromatic N) is 4. The molecule has 0 spiro atoms. The van der Waals surface area contributed by atoms with Crippen molar-refractivity contribution in [1.82, 2.24) is 9.55 Å². The summed E-state index contributed by atoms with van der Waals surface area (Å²) in [5.41, 5.74) is 10.8. The fourth-order valence-electron chi connectivity index (χ4n) is 8.84. The standard InChI is InChI=1S/C57H50N4O/c1-40-27-28-58-55(31-40)61-53-24-16-15-23-51(53)52-26-25-49(38-54(52)61)62-50-33-42(41-17-9-6-10-18-41)32-47(37-50)59-29-30-60(39-59)48-35-45(56(2,3)43-19-11-7-12-20-43)34-46(36-48)57(4,5)44-21-13-8-14-22-44/h6-38H,39H2,1-5H3/i1D3. The summed E-state index contributed by atoms with van der Waals surface area (Å²) >= 11 is 0. The van der Waals surface area contributed by atoms with E-state index < -0.39 is 6.85 Å². The Morgan fingerprint density at radius 3 is 1.76 bits per heavy atom. The van der Waals surface area contributed by atoms with Gasteiger partial charge in [0.05, 0.1) is 17.7 Å². The predicted octanol–water partition coefficient (Wildman–Crippen LogP) is 14.4. The smallest absolute Gasteiger partial charge is 0.137 e. The summed E-state index contributed by atoms with van der Waals surface area (Å²) < 4.78 is 33.1. The highest BCUT2D eigenvalue weighted by molar-refractivity contribution is 6.09. The fraction of sp³-hybridized carbons (Fsp3) is 0.140. The summed E-state index contributed by atoms with van der Waals surface area (Å²) in [6, 6.07) is 62.8. The molecule has 1 aliphatic rings. The van der Waals surface area contributed by atoms with Crippen LogP contribution in [0.2, 0.25) is 0 Å². The van der Waals surface area contributed by atoms with Crippen molar-refractivity contribution >= 4 is 33.2 Å². The second-order valence-corrected chi connectivity index (χ2v) is 17.2. The average molecular weight is 810 g/mol. The minimum Gasteiger partial charge on any atom is -0.457 e. The van der Waals surface area contributed by atoms with E-state index in [1.54, 1.807) is 18.3 Å². The van der Waals surface area contributed by atoms with Crippen LogP contribution >= 0.6 is 0 Å². The summed E-state index contributed by atoms with van der Waals surface area (Å²) in [6.07, 6.45) is 5.89. The quantitative estimate of drug-likeness (QED) is 0.138. The summed E-state index contributed by atoms with van der Waals surface area (Å²) in [7, 11) is 0. The third kappa shape index (κ3) is 7.20. The van der Waals surface area contributed by atoms with Crippen LogP contribution in [-0.2, 0) is 10.8 Å². The lowest BCUT2D eigenvalue weighted by Crippen LogP contribution is -2.27. The molecule has 0 unspecified atom stereocenters. The van der Waals surface area contributed by atoms with Gasteiger partial charge in [-0.15, -0.1) is 0 Å². The summed E-state index contributed by atoms with van der Waals surface area (Å²) in [5.74, 6) is 1.87. The van der Waals surface area contributed by atoms with E-state index in [0.717, 1.165) is 44.3 Å². The molecule has 5 heteroatoms. The number of benzene rings is 7. The van der Waals surface area contributed by atoms with Crippen LogP contribution in [0.4, 0.5) is 11.4 Å². The molecule has 0 saturated carbocycles. The van der Waals surface area contributed by atoms with Crippen molar-refractivity contribution in [2.24, 2.45) is 0 Å². The molecule has 0 saturated heterocycles. The number of fused-ring (bicyclic) bond motifs is 3. The largest absolute Gasteiger partial charge is 0.457 e. The molecule has 0 atom stereocenters. The minimum absolute atomic E-state index is 0.237. The molecule has 62 heavy (non-hydrogen) atoms. The molecule has 0 N–H and O–H groups in total. The summed E-state index contributed by atoms with van der Waals surface area (Å²) in [5, 5.41) is 2.06. The average Bonchev–Trinajstić information content (AvgIpc) is 3.96. The van der Waals surface area contributed by atoms with Gasteiger partial charge >= 0.3 is 0 Å². The Hall–Kier alpha value is -7.37. The first-order valence-electron chi connectivity index (χ1n) is 22.7. The maximum atomic E-state index is 8.08.